The minimum absolute atomic E-state index is 0.0960. The molecule has 0 aliphatic carbocycles. The Labute approximate surface area is 94.3 Å². The molecule has 0 aliphatic heterocycles. The highest BCUT2D eigenvalue weighted by molar-refractivity contribution is 6.30. The van der Waals surface area contributed by atoms with Gasteiger partial charge in [-0.1, -0.05) is 31.5 Å². The zero-order chi connectivity index (χ0) is 11.4. The van der Waals surface area contributed by atoms with Crippen LogP contribution in [0.5, 0.6) is 0 Å². The van der Waals surface area contributed by atoms with Crippen LogP contribution in [0.4, 0.5) is 4.39 Å². The first-order chi connectivity index (χ1) is 7.06. The summed E-state index contributed by atoms with van der Waals surface area (Å²) in [6.07, 6.45) is 1.91. The van der Waals surface area contributed by atoms with Crippen molar-refractivity contribution in [3.8, 4) is 0 Å². The van der Waals surface area contributed by atoms with Gasteiger partial charge in [0.25, 0.3) is 0 Å². The largest absolute Gasteiger partial charge is 0.303 e. The van der Waals surface area contributed by atoms with Crippen LogP contribution >= 0.6 is 11.6 Å². The summed E-state index contributed by atoms with van der Waals surface area (Å²) in [7, 11) is 0. The molecule has 0 unspecified atom stereocenters. The van der Waals surface area contributed by atoms with Gasteiger partial charge in [0.1, 0.15) is 12.1 Å². The second-order valence-corrected chi connectivity index (χ2v) is 4.25. The Balaban J connectivity index is 3.05. The molecule has 0 bridgehead atoms. The van der Waals surface area contributed by atoms with Gasteiger partial charge in [-0.05, 0) is 29.5 Å². The molecule has 0 atom stereocenters. The van der Waals surface area contributed by atoms with Crippen LogP contribution in [0.3, 0.4) is 0 Å². The molecule has 1 aromatic rings. The molecule has 1 nitrogen and oxygen atoms in total. The van der Waals surface area contributed by atoms with E-state index >= 15 is 0 Å². The summed E-state index contributed by atoms with van der Waals surface area (Å²) in [6.45, 7) is 3.83. The zero-order valence-corrected chi connectivity index (χ0v) is 9.64. The molecule has 1 aromatic carbocycles. The number of hydrogen-bond donors (Lipinski definition) is 0. The summed E-state index contributed by atoms with van der Waals surface area (Å²) in [5, 5.41) is 0.141. The number of carbonyl (C=O) groups is 1. The molecule has 0 spiro atoms. The zero-order valence-electron chi connectivity index (χ0n) is 8.89. The molecule has 82 valence electrons. The Kier molecular flexibility index (Phi) is 4.28. The highest BCUT2D eigenvalue weighted by Gasteiger charge is 2.11. The van der Waals surface area contributed by atoms with Crippen molar-refractivity contribution in [3.63, 3.8) is 0 Å². The predicted molar refractivity (Wildman–Crippen MR) is 59.9 cm³/mol. The number of aldehydes is 1. The minimum Gasteiger partial charge on any atom is -0.303 e. The fraction of sp³-hybridized carbons (Fsp3) is 0.417. The summed E-state index contributed by atoms with van der Waals surface area (Å²) in [5.41, 5.74) is 1.53. The first-order valence-corrected chi connectivity index (χ1v) is 5.35. The SMILES string of the molecule is CC(C)c1cc(CCC=O)cc(Cl)c1F. The van der Waals surface area contributed by atoms with E-state index in [1.54, 1.807) is 12.1 Å². The Hall–Kier alpha value is -0.890. The molecular weight excluding hydrogens is 215 g/mol. The van der Waals surface area contributed by atoms with E-state index in [1.165, 1.54) is 0 Å². The van der Waals surface area contributed by atoms with Gasteiger partial charge in [0.05, 0.1) is 5.02 Å². The second-order valence-electron chi connectivity index (χ2n) is 3.84. The maximum Gasteiger partial charge on any atom is 0.145 e. The molecule has 1 rings (SSSR count). The lowest BCUT2D eigenvalue weighted by molar-refractivity contribution is -0.107. The van der Waals surface area contributed by atoms with Crippen LogP contribution in [0.2, 0.25) is 5.02 Å². The van der Waals surface area contributed by atoms with Crippen LogP contribution in [-0.4, -0.2) is 6.29 Å². The maximum atomic E-state index is 13.6. The van der Waals surface area contributed by atoms with E-state index in [1.807, 2.05) is 13.8 Å². The summed E-state index contributed by atoms with van der Waals surface area (Å²) >= 11 is 5.78. The molecule has 0 N–H and O–H groups in total. The summed E-state index contributed by atoms with van der Waals surface area (Å²) in [6, 6.07) is 3.38. The lowest BCUT2D eigenvalue weighted by atomic mass is 9.98. The summed E-state index contributed by atoms with van der Waals surface area (Å²) in [5.74, 6) is -0.250. The first kappa shape index (κ1) is 12.2. The predicted octanol–water partition coefficient (Wildman–Crippen LogP) is 3.73. The third-order valence-corrected chi connectivity index (χ3v) is 2.56. The van der Waals surface area contributed by atoms with E-state index in [0.29, 0.717) is 18.4 Å². The Morgan fingerprint density at radius 1 is 1.47 bits per heavy atom. The molecular formula is C12H14ClFO. The van der Waals surface area contributed by atoms with E-state index in [9.17, 15) is 9.18 Å². The van der Waals surface area contributed by atoms with E-state index in [-0.39, 0.29) is 16.8 Å². The molecule has 0 radical (unpaired) electrons. The fourth-order valence-electron chi connectivity index (χ4n) is 1.46. The molecule has 0 heterocycles. The van der Waals surface area contributed by atoms with Crippen LogP contribution < -0.4 is 0 Å². The molecule has 0 amide bonds. The molecule has 0 saturated heterocycles. The number of rotatable bonds is 4. The number of benzene rings is 1. The molecule has 0 aromatic heterocycles. The van der Waals surface area contributed by atoms with Gasteiger partial charge >= 0.3 is 0 Å². The maximum absolute atomic E-state index is 13.6. The monoisotopic (exact) mass is 228 g/mol. The standard InChI is InChI=1S/C12H14ClFO/c1-8(2)10-6-9(4-3-5-15)7-11(13)12(10)14/h5-8H,3-4H2,1-2H3. The molecule has 0 aliphatic rings. The lowest BCUT2D eigenvalue weighted by Gasteiger charge is -2.10. The highest BCUT2D eigenvalue weighted by atomic mass is 35.5. The van der Waals surface area contributed by atoms with E-state index in [0.717, 1.165) is 11.8 Å². The molecule has 15 heavy (non-hydrogen) atoms. The van der Waals surface area contributed by atoms with Crippen LogP contribution in [0.1, 0.15) is 37.3 Å². The lowest BCUT2D eigenvalue weighted by Crippen LogP contribution is -1.97. The van der Waals surface area contributed by atoms with Crippen molar-refractivity contribution in [2.45, 2.75) is 32.6 Å². The van der Waals surface area contributed by atoms with Crippen LogP contribution in [0.25, 0.3) is 0 Å². The van der Waals surface area contributed by atoms with Crippen molar-refractivity contribution in [2.75, 3.05) is 0 Å². The van der Waals surface area contributed by atoms with Crippen LogP contribution in [0.15, 0.2) is 12.1 Å². The van der Waals surface area contributed by atoms with Gasteiger partial charge in [0.2, 0.25) is 0 Å². The van der Waals surface area contributed by atoms with Crippen molar-refractivity contribution < 1.29 is 9.18 Å². The van der Waals surface area contributed by atoms with Gasteiger partial charge < -0.3 is 4.79 Å². The normalized spacial score (nSPS) is 10.7. The average molecular weight is 229 g/mol. The third-order valence-electron chi connectivity index (χ3n) is 2.29. The van der Waals surface area contributed by atoms with Crippen molar-refractivity contribution in [2.24, 2.45) is 0 Å². The highest BCUT2D eigenvalue weighted by Crippen LogP contribution is 2.26. The molecule has 0 saturated carbocycles. The number of carbonyl (C=O) groups excluding carboxylic acids is 1. The summed E-state index contributed by atoms with van der Waals surface area (Å²) < 4.78 is 13.6. The van der Waals surface area contributed by atoms with Gasteiger partial charge in [-0.15, -0.1) is 0 Å². The smallest absolute Gasteiger partial charge is 0.145 e. The van der Waals surface area contributed by atoms with Crippen molar-refractivity contribution in [1.29, 1.82) is 0 Å². The summed E-state index contributed by atoms with van der Waals surface area (Å²) in [4.78, 5) is 10.2. The van der Waals surface area contributed by atoms with Crippen molar-refractivity contribution >= 4 is 17.9 Å². The topological polar surface area (TPSA) is 17.1 Å². The number of hydrogen-bond acceptors (Lipinski definition) is 1. The van der Waals surface area contributed by atoms with Gasteiger partial charge in [-0.2, -0.15) is 0 Å². The molecule has 3 heteroatoms. The number of aryl methyl sites for hydroxylation is 1. The van der Waals surface area contributed by atoms with E-state index < -0.39 is 0 Å². The quantitative estimate of drug-likeness (QED) is 0.718. The van der Waals surface area contributed by atoms with Gasteiger partial charge in [0.15, 0.2) is 0 Å². The van der Waals surface area contributed by atoms with Crippen LogP contribution in [-0.2, 0) is 11.2 Å². The minimum atomic E-state index is -0.346. The third kappa shape index (κ3) is 3.03. The second kappa shape index (κ2) is 5.26. The van der Waals surface area contributed by atoms with Crippen molar-refractivity contribution in [3.05, 3.63) is 34.1 Å². The number of halogens is 2. The molecule has 0 fully saturated rings. The Bertz CT molecular complexity index is 361. The van der Waals surface area contributed by atoms with Gasteiger partial charge in [-0.3, -0.25) is 0 Å². The Morgan fingerprint density at radius 3 is 2.67 bits per heavy atom. The Morgan fingerprint density at radius 2 is 2.13 bits per heavy atom. The fourth-order valence-corrected chi connectivity index (χ4v) is 1.71. The van der Waals surface area contributed by atoms with Gasteiger partial charge in [0, 0.05) is 6.42 Å². The van der Waals surface area contributed by atoms with E-state index in [2.05, 4.69) is 0 Å². The first-order valence-electron chi connectivity index (χ1n) is 4.97. The van der Waals surface area contributed by atoms with Gasteiger partial charge in [-0.25, -0.2) is 4.39 Å². The average Bonchev–Trinajstić information content (AvgIpc) is 2.19. The van der Waals surface area contributed by atoms with E-state index in [4.69, 9.17) is 11.6 Å². The van der Waals surface area contributed by atoms with Crippen LogP contribution in [0, 0.1) is 5.82 Å². The van der Waals surface area contributed by atoms with Crippen molar-refractivity contribution in [1.82, 2.24) is 0 Å².